The molecule has 0 spiro atoms. The largest absolute Gasteiger partial charge is 0.748 e. The normalized spacial score (nSPS) is 8.94. The first-order valence-electron chi connectivity index (χ1n) is 5.68. The SMILES string of the molecule is Cc1ccnc(-[c-]2cccc2)c1.[Fe].[cH-]1[cH-][cH-][cH-][cH-]1. The van der Waals surface area contributed by atoms with Crippen molar-refractivity contribution in [3.8, 4) is 11.3 Å². The Morgan fingerprint density at radius 1 is 1.00 bits per heavy atom. The minimum absolute atomic E-state index is 0. The number of hydrogen-bond acceptors (Lipinski definition) is 1. The maximum Gasteiger partial charge on any atom is 0.0250 e. The number of aromatic nitrogens is 1. The smallest absolute Gasteiger partial charge is 0.0250 e. The summed E-state index contributed by atoms with van der Waals surface area (Å²) in [7, 11) is 0. The molecule has 0 aliphatic rings. The minimum atomic E-state index is 0. The summed E-state index contributed by atoms with van der Waals surface area (Å²) in [5.74, 6) is 0. The molecule has 0 saturated heterocycles. The van der Waals surface area contributed by atoms with Gasteiger partial charge < -0.3 is 30.3 Å². The van der Waals surface area contributed by atoms with Crippen LogP contribution in [0.5, 0.6) is 0 Å². The molecule has 0 bridgehead atoms. The van der Waals surface area contributed by atoms with Crippen molar-refractivity contribution in [2.24, 2.45) is 0 Å². The summed E-state index contributed by atoms with van der Waals surface area (Å²) in [5.41, 5.74) is 3.50. The summed E-state index contributed by atoms with van der Waals surface area (Å²) in [6, 6.07) is 22.3. The fourth-order valence-corrected chi connectivity index (χ4v) is 1.56. The Balaban J connectivity index is 0.000000230. The van der Waals surface area contributed by atoms with Crippen molar-refractivity contribution in [3.63, 3.8) is 0 Å². The molecule has 1 nitrogen and oxygen atoms in total. The number of pyridine rings is 1. The first-order valence-corrected chi connectivity index (χ1v) is 5.68. The quantitative estimate of drug-likeness (QED) is 0.480. The second-order valence-corrected chi connectivity index (χ2v) is 3.85. The third-order valence-electron chi connectivity index (χ3n) is 2.43. The maximum absolute atomic E-state index is 4.28. The maximum atomic E-state index is 4.28. The molecule has 0 saturated carbocycles. The molecule has 98 valence electrons. The molecule has 1 heterocycles. The van der Waals surface area contributed by atoms with Gasteiger partial charge in [-0.05, 0) is 12.6 Å². The average molecular weight is 277 g/mol. The van der Waals surface area contributed by atoms with Gasteiger partial charge in [-0.15, -0.1) is 18.2 Å². The number of hydrogen-bond donors (Lipinski definition) is 0. The van der Waals surface area contributed by atoms with Crippen molar-refractivity contribution in [2.75, 3.05) is 0 Å². The fraction of sp³-hybridized carbons (Fsp3) is 0.0625. The van der Waals surface area contributed by atoms with Crippen LogP contribution in [0.2, 0.25) is 0 Å². The van der Waals surface area contributed by atoms with E-state index in [1.165, 1.54) is 11.1 Å². The minimum Gasteiger partial charge on any atom is -0.748 e. The van der Waals surface area contributed by atoms with Gasteiger partial charge >= 0.3 is 0 Å². The van der Waals surface area contributed by atoms with E-state index in [2.05, 4.69) is 30.1 Å². The van der Waals surface area contributed by atoms with Crippen LogP contribution in [-0.4, -0.2) is 4.98 Å². The fourth-order valence-electron chi connectivity index (χ4n) is 1.56. The van der Waals surface area contributed by atoms with Gasteiger partial charge in [0, 0.05) is 23.3 Å². The van der Waals surface area contributed by atoms with Gasteiger partial charge in [0.1, 0.15) is 0 Å². The monoisotopic (exact) mass is 277 g/mol. The van der Waals surface area contributed by atoms with Crippen molar-refractivity contribution in [2.45, 2.75) is 6.92 Å². The molecular weight excluding hydrogens is 262 g/mol. The summed E-state index contributed by atoms with van der Waals surface area (Å²) in [6.07, 6.45) is 1.84. The molecule has 0 atom stereocenters. The molecule has 0 radical (unpaired) electrons. The van der Waals surface area contributed by atoms with E-state index < -0.39 is 0 Å². The third-order valence-corrected chi connectivity index (χ3v) is 2.43. The molecule has 3 rings (SSSR count). The van der Waals surface area contributed by atoms with Crippen LogP contribution < -0.4 is 0 Å². The zero-order valence-corrected chi connectivity index (χ0v) is 11.3. The Labute approximate surface area is 119 Å². The first kappa shape index (κ1) is 14.4. The van der Waals surface area contributed by atoms with Gasteiger partial charge in [0.15, 0.2) is 0 Å². The summed E-state index contributed by atoms with van der Waals surface area (Å²) >= 11 is 0. The molecule has 0 N–H and O–H groups in total. The molecule has 0 aliphatic carbocycles. The Morgan fingerprint density at radius 2 is 1.56 bits per heavy atom. The molecular formula is C16H15FeN-6. The van der Waals surface area contributed by atoms with Crippen LogP contribution in [-0.2, 0) is 17.1 Å². The molecule has 0 amide bonds. The predicted octanol–water partition coefficient (Wildman–Crippen LogP) is 4.18. The van der Waals surface area contributed by atoms with E-state index in [0.29, 0.717) is 0 Å². The molecule has 3 aromatic rings. The zero-order chi connectivity index (χ0) is 11.9. The van der Waals surface area contributed by atoms with E-state index in [1.807, 2.05) is 54.7 Å². The Hall–Kier alpha value is -1.63. The zero-order valence-electron chi connectivity index (χ0n) is 10.2. The van der Waals surface area contributed by atoms with E-state index in [9.17, 15) is 0 Å². The molecule has 2 heteroatoms. The summed E-state index contributed by atoms with van der Waals surface area (Å²) in [5, 5.41) is 0. The van der Waals surface area contributed by atoms with Crippen LogP contribution >= 0.6 is 0 Å². The molecule has 1 aromatic heterocycles. The van der Waals surface area contributed by atoms with Crippen molar-refractivity contribution < 1.29 is 17.1 Å². The van der Waals surface area contributed by atoms with Crippen molar-refractivity contribution in [1.29, 1.82) is 0 Å². The third kappa shape index (κ3) is 4.32. The number of nitrogens with zero attached hydrogens (tertiary/aromatic N) is 1. The van der Waals surface area contributed by atoms with Gasteiger partial charge in [0.05, 0.1) is 0 Å². The Bertz CT molecular complexity index is 507. The van der Waals surface area contributed by atoms with Crippen molar-refractivity contribution in [1.82, 2.24) is 4.98 Å². The van der Waals surface area contributed by atoms with Gasteiger partial charge in [-0.1, -0.05) is 17.2 Å². The number of aryl methyl sites for hydroxylation is 1. The summed E-state index contributed by atoms with van der Waals surface area (Å²) in [6.45, 7) is 2.08. The molecule has 0 aliphatic heterocycles. The molecule has 2 aromatic carbocycles. The van der Waals surface area contributed by atoms with Crippen molar-refractivity contribution >= 4 is 0 Å². The van der Waals surface area contributed by atoms with E-state index in [0.717, 1.165) is 5.69 Å². The summed E-state index contributed by atoms with van der Waals surface area (Å²) in [4.78, 5) is 4.28. The molecule has 0 unspecified atom stereocenters. The van der Waals surface area contributed by atoms with E-state index in [-0.39, 0.29) is 17.1 Å². The van der Waals surface area contributed by atoms with Crippen LogP contribution in [0.1, 0.15) is 5.56 Å². The van der Waals surface area contributed by atoms with Crippen LogP contribution in [0.15, 0.2) is 72.9 Å². The van der Waals surface area contributed by atoms with Crippen LogP contribution in [0.3, 0.4) is 0 Å². The van der Waals surface area contributed by atoms with Gasteiger partial charge in [0.25, 0.3) is 0 Å². The standard InChI is InChI=1S/C11H10N.C5H5.Fe/c1-9-6-7-12-11(8-9)10-4-2-3-5-10;1-2-4-5-3-1;/h2-8H,1H3;1-5H;/q-1;-5;. The van der Waals surface area contributed by atoms with Gasteiger partial charge in [-0.25, -0.2) is 0 Å². The predicted molar refractivity (Wildman–Crippen MR) is 72.0 cm³/mol. The van der Waals surface area contributed by atoms with E-state index in [1.54, 1.807) is 0 Å². The Kier molecular flexibility index (Phi) is 6.13. The van der Waals surface area contributed by atoms with Crippen LogP contribution in [0, 0.1) is 6.92 Å². The summed E-state index contributed by atoms with van der Waals surface area (Å²) < 4.78 is 0. The van der Waals surface area contributed by atoms with Gasteiger partial charge in [0.2, 0.25) is 0 Å². The second kappa shape index (κ2) is 7.65. The van der Waals surface area contributed by atoms with Gasteiger partial charge in [-0.2, -0.15) is 12.1 Å². The van der Waals surface area contributed by atoms with E-state index in [4.69, 9.17) is 0 Å². The second-order valence-electron chi connectivity index (χ2n) is 3.85. The molecule has 18 heavy (non-hydrogen) atoms. The number of rotatable bonds is 1. The Morgan fingerprint density at radius 3 is 2.06 bits per heavy atom. The van der Waals surface area contributed by atoms with Crippen molar-refractivity contribution in [3.05, 3.63) is 78.5 Å². The van der Waals surface area contributed by atoms with Crippen LogP contribution in [0.4, 0.5) is 0 Å². The van der Waals surface area contributed by atoms with Gasteiger partial charge in [-0.3, -0.25) is 4.98 Å². The van der Waals surface area contributed by atoms with E-state index >= 15 is 0 Å². The average Bonchev–Trinajstić information content (AvgIpc) is 3.06. The first-order chi connectivity index (χ1) is 8.36. The van der Waals surface area contributed by atoms with Crippen LogP contribution in [0.25, 0.3) is 11.3 Å². The topological polar surface area (TPSA) is 12.9 Å². The molecule has 0 fully saturated rings.